The molecule has 0 aliphatic carbocycles. The molecule has 0 bridgehead atoms. The number of carbonyl (C=O) groups excluding carboxylic acids is 1. The van der Waals surface area contributed by atoms with Crippen molar-refractivity contribution in [1.82, 2.24) is 4.98 Å². The van der Waals surface area contributed by atoms with Gasteiger partial charge in [-0.2, -0.15) is 0 Å². The maximum Gasteiger partial charge on any atom is 0.323 e. The van der Waals surface area contributed by atoms with Gasteiger partial charge in [0.25, 0.3) is 0 Å². The smallest absolute Gasteiger partial charge is 0.308 e. The van der Waals surface area contributed by atoms with Crippen molar-refractivity contribution in [2.45, 2.75) is 12.8 Å². The first-order valence-corrected chi connectivity index (χ1v) is 9.67. The fourth-order valence-electron chi connectivity index (χ4n) is 3.28. The van der Waals surface area contributed by atoms with Crippen LogP contribution in [0.3, 0.4) is 0 Å². The van der Waals surface area contributed by atoms with Crippen LogP contribution in [0.5, 0.6) is 0 Å². The molecule has 0 saturated carbocycles. The number of nitrogens with one attached hydrogen (secondary N) is 2. The van der Waals surface area contributed by atoms with E-state index in [2.05, 4.69) is 21.7 Å². The number of pyridine rings is 1. The van der Waals surface area contributed by atoms with E-state index in [4.69, 9.17) is 4.99 Å². The van der Waals surface area contributed by atoms with Crippen molar-refractivity contribution >= 4 is 29.2 Å². The van der Waals surface area contributed by atoms with Crippen LogP contribution >= 0.6 is 0 Å². The summed E-state index contributed by atoms with van der Waals surface area (Å²) in [5.74, 6) is 0. The molecule has 0 radical (unpaired) electrons. The summed E-state index contributed by atoms with van der Waals surface area (Å²) in [5, 5.41) is 5.66. The Labute approximate surface area is 170 Å². The Balaban J connectivity index is 1.45. The summed E-state index contributed by atoms with van der Waals surface area (Å²) in [6.07, 6.45) is 7.84. The van der Waals surface area contributed by atoms with Crippen molar-refractivity contribution < 1.29 is 4.79 Å². The minimum Gasteiger partial charge on any atom is -0.308 e. The number of hydrogen-bond acceptors (Lipinski definition) is 3. The molecule has 1 aliphatic heterocycles. The minimum atomic E-state index is -0.263. The highest BCUT2D eigenvalue weighted by molar-refractivity contribution is 6.15. The van der Waals surface area contributed by atoms with Crippen LogP contribution < -0.4 is 10.6 Å². The number of rotatable bonds is 4. The molecule has 5 nitrogen and oxygen atoms in total. The number of nitrogens with zero attached hydrogens (tertiary/aromatic N) is 2. The van der Waals surface area contributed by atoms with E-state index in [1.807, 2.05) is 72.9 Å². The summed E-state index contributed by atoms with van der Waals surface area (Å²) < 4.78 is 0. The predicted molar refractivity (Wildman–Crippen MR) is 118 cm³/mol. The van der Waals surface area contributed by atoms with E-state index in [-0.39, 0.29) is 6.03 Å². The third-order valence-corrected chi connectivity index (χ3v) is 4.65. The second-order valence-corrected chi connectivity index (χ2v) is 6.81. The maximum atomic E-state index is 12.1. The molecular formula is C24H22N4O. The van der Waals surface area contributed by atoms with Gasteiger partial charge in [0.05, 0.1) is 5.71 Å². The third kappa shape index (κ3) is 4.96. The monoisotopic (exact) mass is 382 g/mol. The Morgan fingerprint density at radius 2 is 1.66 bits per heavy atom. The number of para-hydroxylation sites is 1. The summed E-state index contributed by atoms with van der Waals surface area (Å²) in [5.41, 5.74) is 5.86. The lowest BCUT2D eigenvalue weighted by molar-refractivity contribution is 0.262. The maximum absolute atomic E-state index is 12.1. The highest BCUT2D eigenvalue weighted by Crippen LogP contribution is 2.22. The van der Waals surface area contributed by atoms with Crippen LogP contribution in [0.2, 0.25) is 0 Å². The zero-order valence-electron chi connectivity index (χ0n) is 16.0. The largest absolute Gasteiger partial charge is 0.323 e. The van der Waals surface area contributed by atoms with Gasteiger partial charge in [-0.05, 0) is 66.5 Å². The number of carbonyl (C=O) groups is 1. The van der Waals surface area contributed by atoms with Gasteiger partial charge in [0.2, 0.25) is 0 Å². The quantitative estimate of drug-likeness (QED) is 0.635. The van der Waals surface area contributed by atoms with E-state index in [0.717, 1.165) is 47.6 Å². The Kier molecular flexibility index (Phi) is 5.76. The number of allylic oxidation sites excluding steroid dienone is 1. The van der Waals surface area contributed by atoms with Gasteiger partial charge < -0.3 is 10.6 Å². The molecule has 2 heterocycles. The molecule has 0 fully saturated rings. The first-order chi connectivity index (χ1) is 14.3. The molecule has 2 N–H and O–H groups in total. The zero-order chi connectivity index (χ0) is 19.9. The van der Waals surface area contributed by atoms with Gasteiger partial charge in [0, 0.05) is 35.9 Å². The van der Waals surface area contributed by atoms with E-state index in [0.29, 0.717) is 0 Å². The summed E-state index contributed by atoms with van der Waals surface area (Å²) in [6.45, 7) is 0.848. The fourth-order valence-corrected chi connectivity index (χ4v) is 3.28. The van der Waals surface area contributed by atoms with Crippen LogP contribution in [0.25, 0.3) is 6.08 Å². The molecule has 144 valence electrons. The average Bonchev–Trinajstić information content (AvgIpc) is 2.77. The summed E-state index contributed by atoms with van der Waals surface area (Å²) >= 11 is 0. The molecule has 2 aromatic carbocycles. The lowest BCUT2D eigenvalue weighted by atomic mass is 9.95. The van der Waals surface area contributed by atoms with E-state index < -0.39 is 0 Å². The summed E-state index contributed by atoms with van der Waals surface area (Å²) in [4.78, 5) is 21.1. The molecule has 2 amide bonds. The fraction of sp³-hybridized carbons (Fsp3) is 0.125. The van der Waals surface area contributed by atoms with Gasteiger partial charge in [-0.1, -0.05) is 30.3 Å². The predicted octanol–water partition coefficient (Wildman–Crippen LogP) is 5.39. The highest BCUT2D eigenvalue weighted by atomic mass is 16.2. The molecule has 29 heavy (non-hydrogen) atoms. The van der Waals surface area contributed by atoms with Crippen LogP contribution in [-0.2, 0) is 0 Å². The minimum absolute atomic E-state index is 0.263. The van der Waals surface area contributed by atoms with Crippen molar-refractivity contribution in [2.75, 3.05) is 17.2 Å². The Morgan fingerprint density at radius 3 is 2.38 bits per heavy atom. The first kappa shape index (κ1) is 18.6. The molecule has 3 aromatic rings. The molecule has 1 aliphatic rings. The highest BCUT2D eigenvalue weighted by Gasteiger charge is 2.14. The number of anilines is 2. The topological polar surface area (TPSA) is 66.4 Å². The molecule has 5 heteroatoms. The molecule has 0 spiro atoms. The normalized spacial score (nSPS) is 14.9. The standard InChI is InChI=1S/C24H22N4O/c29-24(27-21-8-2-1-3-9-21)28-22-12-10-18(11-13-22)16-19-6-5-15-26-23(19)20-7-4-14-25-17-20/h1-4,7-14,16-17H,5-6,15H2,(H2,27,28,29). The second kappa shape index (κ2) is 8.97. The van der Waals surface area contributed by atoms with Gasteiger partial charge in [-0.25, -0.2) is 4.79 Å². The zero-order valence-corrected chi connectivity index (χ0v) is 16.0. The van der Waals surface area contributed by atoms with E-state index in [1.165, 1.54) is 5.57 Å². The Hall–Kier alpha value is -3.73. The van der Waals surface area contributed by atoms with Crippen molar-refractivity contribution in [3.8, 4) is 0 Å². The van der Waals surface area contributed by atoms with Crippen LogP contribution in [0.4, 0.5) is 16.2 Å². The number of aromatic nitrogens is 1. The van der Waals surface area contributed by atoms with Gasteiger partial charge in [-0.3, -0.25) is 9.98 Å². The molecule has 4 rings (SSSR count). The lowest BCUT2D eigenvalue weighted by Gasteiger charge is -2.16. The molecular weight excluding hydrogens is 360 g/mol. The lowest BCUT2D eigenvalue weighted by Crippen LogP contribution is -2.19. The van der Waals surface area contributed by atoms with Gasteiger partial charge in [0.1, 0.15) is 0 Å². The number of hydrogen-bond donors (Lipinski definition) is 2. The SMILES string of the molecule is O=C(Nc1ccccc1)Nc1ccc(C=C2CCCN=C2c2cccnc2)cc1. The van der Waals surface area contributed by atoms with Crippen LogP contribution in [-0.4, -0.2) is 23.3 Å². The second-order valence-electron chi connectivity index (χ2n) is 6.81. The number of benzene rings is 2. The van der Waals surface area contributed by atoms with Crippen LogP contribution in [0.1, 0.15) is 24.0 Å². The number of urea groups is 1. The van der Waals surface area contributed by atoms with Gasteiger partial charge in [0.15, 0.2) is 0 Å². The van der Waals surface area contributed by atoms with Crippen molar-refractivity contribution in [2.24, 2.45) is 4.99 Å². The summed E-state index contributed by atoms with van der Waals surface area (Å²) in [7, 11) is 0. The van der Waals surface area contributed by atoms with Crippen LogP contribution in [0, 0.1) is 0 Å². The van der Waals surface area contributed by atoms with Crippen molar-refractivity contribution in [3.63, 3.8) is 0 Å². The van der Waals surface area contributed by atoms with E-state index in [1.54, 1.807) is 6.20 Å². The van der Waals surface area contributed by atoms with E-state index >= 15 is 0 Å². The van der Waals surface area contributed by atoms with Gasteiger partial charge in [-0.15, -0.1) is 0 Å². The molecule has 0 unspecified atom stereocenters. The van der Waals surface area contributed by atoms with E-state index in [9.17, 15) is 4.79 Å². The first-order valence-electron chi connectivity index (χ1n) is 9.67. The van der Waals surface area contributed by atoms with Crippen molar-refractivity contribution in [1.29, 1.82) is 0 Å². The third-order valence-electron chi connectivity index (χ3n) is 4.65. The number of amides is 2. The molecule has 0 atom stereocenters. The molecule has 1 aromatic heterocycles. The van der Waals surface area contributed by atoms with Crippen LogP contribution in [0.15, 0.2) is 89.7 Å². The summed E-state index contributed by atoms with van der Waals surface area (Å²) in [6, 6.07) is 20.9. The Morgan fingerprint density at radius 1 is 0.897 bits per heavy atom. The Bertz CT molecular complexity index is 1030. The molecule has 0 saturated heterocycles. The van der Waals surface area contributed by atoms with Gasteiger partial charge >= 0.3 is 6.03 Å². The average molecular weight is 382 g/mol. The van der Waals surface area contributed by atoms with Crippen molar-refractivity contribution in [3.05, 3.63) is 95.8 Å². The number of aliphatic imine (C=N–C) groups is 1.